The summed E-state index contributed by atoms with van der Waals surface area (Å²) in [4.78, 5) is 11.8. The summed E-state index contributed by atoms with van der Waals surface area (Å²) in [6.45, 7) is 1.67. The van der Waals surface area contributed by atoms with Crippen molar-refractivity contribution in [2.75, 3.05) is 20.3 Å². The molecule has 8 heteroatoms. The van der Waals surface area contributed by atoms with Gasteiger partial charge in [0.25, 0.3) is 0 Å². The van der Waals surface area contributed by atoms with E-state index in [0.29, 0.717) is 24.4 Å². The molecular formula is C25H29N4O4+. The SMILES string of the molecule is COc1ccc2nccc(OCC3CCC(NCc4ccc5c(c4)[NH+]=C(O)CO5)CC3)c2n1. The first-order chi connectivity index (χ1) is 16.2. The van der Waals surface area contributed by atoms with E-state index in [9.17, 15) is 5.11 Å². The van der Waals surface area contributed by atoms with Crippen molar-refractivity contribution in [1.82, 2.24) is 15.3 Å². The van der Waals surface area contributed by atoms with Crippen LogP contribution in [0.3, 0.4) is 0 Å². The first-order valence-corrected chi connectivity index (χ1v) is 11.4. The largest absolute Gasteiger partial charge is 0.491 e. The standard InChI is InChI=1S/C25H28N4O4/c1-31-24-9-7-19-25(29-24)22(10-11-26-19)32-14-16-2-5-18(6-3-16)27-13-17-4-8-21-20(12-17)28-23(30)15-33-21/h4,7-12,16,18,27H,2-3,5-6,13-15H2,1H3,(H,28,30)/p+1. The number of ether oxygens (including phenoxy) is 3. The number of nitrogens with one attached hydrogen (secondary N) is 2. The van der Waals surface area contributed by atoms with Crippen molar-refractivity contribution in [3.63, 3.8) is 0 Å². The molecule has 0 saturated heterocycles. The molecule has 1 fully saturated rings. The van der Waals surface area contributed by atoms with Gasteiger partial charge >= 0.3 is 5.90 Å². The lowest BCUT2D eigenvalue weighted by atomic mass is 9.86. The summed E-state index contributed by atoms with van der Waals surface area (Å²) >= 11 is 0. The third kappa shape index (κ3) is 5.01. The van der Waals surface area contributed by atoms with Gasteiger partial charge in [-0.15, -0.1) is 0 Å². The van der Waals surface area contributed by atoms with Gasteiger partial charge in [-0.2, -0.15) is 4.99 Å². The van der Waals surface area contributed by atoms with Crippen molar-refractivity contribution in [1.29, 1.82) is 0 Å². The summed E-state index contributed by atoms with van der Waals surface area (Å²) in [6, 6.07) is 12.1. The van der Waals surface area contributed by atoms with Crippen molar-refractivity contribution < 1.29 is 24.3 Å². The van der Waals surface area contributed by atoms with Crippen LogP contribution in [-0.2, 0) is 6.54 Å². The molecule has 33 heavy (non-hydrogen) atoms. The molecule has 3 aromatic rings. The van der Waals surface area contributed by atoms with Crippen LogP contribution in [0.15, 0.2) is 42.6 Å². The highest BCUT2D eigenvalue weighted by Gasteiger charge is 2.23. The quantitative estimate of drug-likeness (QED) is 0.509. The maximum Gasteiger partial charge on any atom is 0.377 e. The Labute approximate surface area is 192 Å². The number of hydrogen-bond donors (Lipinski definition) is 3. The van der Waals surface area contributed by atoms with Gasteiger partial charge in [0, 0.05) is 37.0 Å². The van der Waals surface area contributed by atoms with Gasteiger partial charge < -0.3 is 24.6 Å². The van der Waals surface area contributed by atoms with Crippen LogP contribution < -0.4 is 24.5 Å². The van der Waals surface area contributed by atoms with Crippen LogP contribution in [0, 0.1) is 5.92 Å². The number of aromatic nitrogens is 2. The molecule has 1 saturated carbocycles. The zero-order valence-electron chi connectivity index (χ0n) is 18.7. The molecule has 0 unspecified atom stereocenters. The predicted octanol–water partition coefficient (Wildman–Crippen LogP) is 2.43. The minimum Gasteiger partial charge on any atom is -0.491 e. The molecular weight excluding hydrogens is 420 g/mol. The Kier molecular flexibility index (Phi) is 6.26. The molecule has 1 aliphatic heterocycles. The number of hydrogen-bond acceptors (Lipinski definition) is 6. The fourth-order valence-electron chi connectivity index (χ4n) is 4.47. The summed E-state index contributed by atoms with van der Waals surface area (Å²) in [7, 11) is 1.61. The molecule has 2 aromatic heterocycles. The van der Waals surface area contributed by atoms with Crippen LogP contribution in [0.25, 0.3) is 11.0 Å². The molecule has 8 nitrogen and oxygen atoms in total. The Balaban J connectivity index is 1.11. The van der Waals surface area contributed by atoms with E-state index in [1.54, 1.807) is 13.3 Å². The maximum atomic E-state index is 9.64. The fourth-order valence-corrected chi connectivity index (χ4v) is 4.47. The highest BCUT2D eigenvalue weighted by Crippen LogP contribution is 2.29. The zero-order valence-corrected chi connectivity index (χ0v) is 18.7. The molecule has 5 rings (SSSR count). The van der Waals surface area contributed by atoms with E-state index in [2.05, 4.69) is 26.3 Å². The number of pyridine rings is 2. The second kappa shape index (κ2) is 9.62. The maximum absolute atomic E-state index is 9.64. The van der Waals surface area contributed by atoms with Crippen molar-refractivity contribution in [3.05, 3.63) is 48.2 Å². The topological polar surface area (TPSA) is 99.7 Å². The van der Waals surface area contributed by atoms with Gasteiger partial charge in [-0.3, -0.25) is 4.98 Å². The van der Waals surface area contributed by atoms with Crippen LogP contribution >= 0.6 is 0 Å². The molecule has 0 amide bonds. The molecule has 1 aliphatic carbocycles. The average Bonchev–Trinajstić information content (AvgIpc) is 2.86. The number of benzene rings is 1. The molecule has 172 valence electrons. The highest BCUT2D eigenvalue weighted by molar-refractivity contribution is 5.81. The van der Waals surface area contributed by atoms with E-state index in [1.807, 2.05) is 30.3 Å². The second-order valence-electron chi connectivity index (χ2n) is 8.63. The first-order valence-electron chi connectivity index (χ1n) is 11.4. The third-order valence-corrected chi connectivity index (χ3v) is 6.33. The fraction of sp³-hybridized carbons (Fsp3) is 0.400. The summed E-state index contributed by atoms with van der Waals surface area (Å²) in [5, 5.41) is 13.3. The Morgan fingerprint density at radius 1 is 1.15 bits per heavy atom. The van der Waals surface area contributed by atoms with Gasteiger partial charge in [0.05, 0.1) is 19.2 Å². The van der Waals surface area contributed by atoms with Crippen molar-refractivity contribution in [2.45, 2.75) is 38.3 Å². The van der Waals surface area contributed by atoms with Gasteiger partial charge in [0.1, 0.15) is 11.3 Å². The summed E-state index contributed by atoms with van der Waals surface area (Å²) in [6.07, 6.45) is 6.25. The summed E-state index contributed by atoms with van der Waals surface area (Å²) in [5.74, 6) is 2.76. The van der Waals surface area contributed by atoms with E-state index in [1.165, 1.54) is 0 Å². The van der Waals surface area contributed by atoms with E-state index in [4.69, 9.17) is 14.2 Å². The minimum atomic E-state index is 0.142. The lowest BCUT2D eigenvalue weighted by Gasteiger charge is -2.29. The average molecular weight is 450 g/mol. The molecule has 0 spiro atoms. The predicted molar refractivity (Wildman–Crippen MR) is 124 cm³/mol. The highest BCUT2D eigenvalue weighted by atomic mass is 16.5. The van der Waals surface area contributed by atoms with E-state index >= 15 is 0 Å². The monoisotopic (exact) mass is 449 g/mol. The lowest BCUT2D eigenvalue weighted by molar-refractivity contribution is -0.374. The summed E-state index contributed by atoms with van der Waals surface area (Å²) in [5.41, 5.74) is 3.52. The Hall–Kier alpha value is -3.39. The Morgan fingerprint density at radius 2 is 2.03 bits per heavy atom. The van der Waals surface area contributed by atoms with Crippen LogP contribution in [0.1, 0.15) is 31.2 Å². The molecule has 2 aliphatic rings. The van der Waals surface area contributed by atoms with Gasteiger partial charge in [-0.05, 0) is 49.3 Å². The third-order valence-electron chi connectivity index (χ3n) is 6.33. The molecule has 0 radical (unpaired) electrons. The zero-order chi connectivity index (χ0) is 22.6. The lowest BCUT2D eigenvalue weighted by Crippen LogP contribution is -2.69. The van der Waals surface area contributed by atoms with Gasteiger partial charge in [-0.25, -0.2) is 4.98 Å². The molecule has 3 heterocycles. The number of rotatable bonds is 7. The minimum absolute atomic E-state index is 0.142. The molecule has 0 atom stereocenters. The van der Waals surface area contributed by atoms with Gasteiger partial charge in [0.15, 0.2) is 5.75 Å². The van der Waals surface area contributed by atoms with Gasteiger partial charge in [-0.1, -0.05) is 6.07 Å². The Bertz CT molecular complexity index is 1160. The normalized spacial score (nSPS) is 20.0. The van der Waals surface area contributed by atoms with E-state index in [-0.39, 0.29) is 12.5 Å². The van der Waals surface area contributed by atoms with E-state index < -0.39 is 0 Å². The van der Waals surface area contributed by atoms with Crippen molar-refractivity contribution >= 4 is 22.6 Å². The molecule has 1 aromatic carbocycles. The number of aliphatic hydroxyl groups excluding tert-OH is 1. The Morgan fingerprint density at radius 3 is 2.88 bits per heavy atom. The van der Waals surface area contributed by atoms with Crippen LogP contribution in [0.4, 0.5) is 5.69 Å². The van der Waals surface area contributed by atoms with Crippen LogP contribution in [0.2, 0.25) is 0 Å². The van der Waals surface area contributed by atoms with Crippen LogP contribution in [0.5, 0.6) is 17.4 Å². The summed E-state index contributed by atoms with van der Waals surface area (Å²) < 4.78 is 16.9. The first kappa shape index (κ1) is 21.5. The number of aliphatic hydroxyl groups is 1. The van der Waals surface area contributed by atoms with Gasteiger partial charge in [0.2, 0.25) is 18.2 Å². The smallest absolute Gasteiger partial charge is 0.377 e. The number of nitrogens with zero attached hydrogens (tertiary/aromatic N) is 2. The number of methoxy groups -OCH3 is 1. The van der Waals surface area contributed by atoms with Crippen molar-refractivity contribution in [2.24, 2.45) is 5.92 Å². The molecule has 0 bridgehead atoms. The molecule has 3 N–H and O–H groups in total. The number of fused-ring (bicyclic) bond motifs is 2. The van der Waals surface area contributed by atoms with Crippen LogP contribution in [-0.4, -0.2) is 47.3 Å². The van der Waals surface area contributed by atoms with E-state index in [0.717, 1.165) is 66.0 Å². The van der Waals surface area contributed by atoms with Crippen molar-refractivity contribution in [3.8, 4) is 17.4 Å². The second-order valence-corrected chi connectivity index (χ2v) is 8.63.